The summed E-state index contributed by atoms with van der Waals surface area (Å²) in [4.78, 5) is 25.0. The van der Waals surface area contributed by atoms with Crippen molar-refractivity contribution in [2.45, 2.75) is 32.9 Å². The maximum Gasteiger partial charge on any atom is 0.235 e. The molecule has 1 aliphatic rings. The van der Waals surface area contributed by atoms with Gasteiger partial charge in [-0.3, -0.25) is 9.59 Å². The molecule has 5 heteroatoms. The number of amides is 2. The number of aryl methyl sites for hydroxylation is 1. The number of benzene rings is 2. The van der Waals surface area contributed by atoms with Crippen molar-refractivity contribution in [2.75, 3.05) is 0 Å². The van der Waals surface area contributed by atoms with Crippen molar-refractivity contribution in [2.24, 2.45) is 5.41 Å². The van der Waals surface area contributed by atoms with Gasteiger partial charge in [-0.1, -0.05) is 59.6 Å². The zero-order valence-corrected chi connectivity index (χ0v) is 14.9. The molecule has 0 bridgehead atoms. The summed E-state index contributed by atoms with van der Waals surface area (Å²) in [5, 5.41) is 6.35. The zero-order chi connectivity index (χ0) is 17.9. The first kappa shape index (κ1) is 17.5. The SMILES string of the molecule is Cc1cccc(CNC(=O)C2(C(=O)NCc3ccccc3Cl)CC2)c1. The minimum absolute atomic E-state index is 0.203. The first-order chi connectivity index (χ1) is 12.0. The normalized spacial score (nSPS) is 14.6. The highest BCUT2D eigenvalue weighted by atomic mass is 35.5. The maximum absolute atomic E-state index is 12.5. The number of carbonyl (C=O) groups excluding carboxylic acids is 2. The minimum atomic E-state index is -0.926. The van der Waals surface area contributed by atoms with Gasteiger partial charge in [0.15, 0.2) is 0 Å². The Morgan fingerprint density at radius 1 is 1.00 bits per heavy atom. The molecule has 1 saturated carbocycles. The van der Waals surface area contributed by atoms with Crippen LogP contribution in [0.25, 0.3) is 0 Å². The lowest BCUT2D eigenvalue weighted by atomic mass is 10.0. The van der Waals surface area contributed by atoms with E-state index in [-0.39, 0.29) is 11.8 Å². The molecule has 0 atom stereocenters. The van der Waals surface area contributed by atoms with E-state index >= 15 is 0 Å². The Morgan fingerprint density at radius 2 is 1.68 bits per heavy atom. The van der Waals surface area contributed by atoms with Crippen LogP contribution < -0.4 is 10.6 Å². The van der Waals surface area contributed by atoms with E-state index in [1.54, 1.807) is 6.07 Å². The first-order valence-corrected chi connectivity index (χ1v) is 8.75. The highest BCUT2D eigenvalue weighted by Gasteiger charge is 2.56. The van der Waals surface area contributed by atoms with E-state index in [1.165, 1.54) is 0 Å². The standard InChI is InChI=1S/C20H21ClN2O2/c1-14-5-4-6-15(11-14)12-22-18(24)20(9-10-20)19(25)23-13-16-7-2-3-8-17(16)21/h2-8,11H,9-10,12-13H2,1H3,(H,22,24)(H,23,25). The van der Waals surface area contributed by atoms with Crippen LogP contribution in [0.2, 0.25) is 5.02 Å². The molecule has 4 nitrogen and oxygen atoms in total. The summed E-state index contributed by atoms with van der Waals surface area (Å²) in [6.45, 7) is 2.77. The van der Waals surface area contributed by atoms with Gasteiger partial charge in [0.2, 0.25) is 11.8 Å². The molecule has 3 rings (SSSR count). The van der Waals surface area contributed by atoms with E-state index in [4.69, 9.17) is 11.6 Å². The molecule has 0 saturated heterocycles. The van der Waals surface area contributed by atoms with Crippen molar-refractivity contribution in [3.8, 4) is 0 Å². The van der Waals surface area contributed by atoms with E-state index in [9.17, 15) is 9.59 Å². The Bertz CT molecular complexity index is 800. The molecule has 2 amide bonds. The highest BCUT2D eigenvalue weighted by Crippen LogP contribution is 2.46. The molecular formula is C20H21ClN2O2. The van der Waals surface area contributed by atoms with Crippen LogP contribution >= 0.6 is 11.6 Å². The molecule has 0 radical (unpaired) electrons. The van der Waals surface area contributed by atoms with Gasteiger partial charge in [0.1, 0.15) is 5.41 Å². The second-order valence-corrected chi connectivity index (χ2v) is 6.94. The fraction of sp³-hybridized carbons (Fsp3) is 0.300. The van der Waals surface area contributed by atoms with Gasteiger partial charge >= 0.3 is 0 Å². The van der Waals surface area contributed by atoms with Gasteiger partial charge in [-0.2, -0.15) is 0 Å². The fourth-order valence-electron chi connectivity index (χ4n) is 2.84. The van der Waals surface area contributed by atoms with Crippen LogP contribution in [0.15, 0.2) is 48.5 Å². The van der Waals surface area contributed by atoms with E-state index in [0.717, 1.165) is 16.7 Å². The van der Waals surface area contributed by atoms with Crippen LogP contribution in [0, 0.1) is 12.3 Å². The van der Waals surface area contributed by atoms with Crippen molar-refractivity contribution in [1.82, 2.24) is 10.6 Å². The molecular weight excluding hydrogens is 336 g/mol. The molecule has 0 unspecified atom stereocenters. The molecule has 1 fully saturated rings. The molecule has 0 aliphatic heterocycles. The summed E-state index contributed by atoms with van der Waals surface area (Å²) in [5.74, 6) is -0.431. The lowest BCUT2D eigenvalue weighted by Gasteiger charge is -2.16. The molecule has 2 N–H and O–H groups in total. The topological polar surface area (TPSA) is 58.2 Å². The van der Waals surface area contributed by atoms with Gasteiger partial charge in [-0.05, 0) is 37.0 Å². The van der Waals surface area contributed by atoms with Crippen molar-refractivity contribution < 1.29 is 9.59 Å². The number of rotatable bonds is 6. The van der Waals surface area contributed by atoms with E-state index in [1.807, 2.05) is 49.4 Å². The van der Waals surface area contributed by atoms with Gasteiger partial charge in [0, 0.05) is 18.1 Å². The second-order valence-electron chi connectivity index (χ2n) is 6.53. The molecule has 0 spiro atoms. The molecule has 0 heterocycles. The summed E-state index contributed by atoms with van der Waals surface area (Å²) in [6.07, 6.45) is 1.17. The monoisotopic (exact) mass is 356 g/mol. The maximum atomic E-state index is 12.5. The Hall–Kier alpha value is -2.33. The smallest absolute Gasteiger partial charge is 0.235 e. The van der Waals surface area contributed by atoms with Gasteiger partial charge < -0.3 is 10.6 Å². The molecule has 0 aromatic heterocycles. The largest absolute Gasteiger partial charge is 0.351 e. The summed E-state index contributed by atoms with van der Waals surface area (Å²) >= 11 is 6.10. The van der Waals surface area contributed by atoms with Crippen molar-refractivity contribution in [1.29, 1.82) is 0 Å². The molecule has 1 aliphatic carbocycles. The molecule has 2 aromatic carbocycles. The van der Waals surface area contributed by atoms with Gasteiger partial charge in [-0.25, -0.2) is 0 Å². The predicted octanol–water partition coefficient (Wildman–Crippen LogP) is 3.36. The van der Waals surface area contributed by atoms with E-state index in [0.29, 0.717) is 31.0 Å². The number of hydrogen-bond acceptors (Lipinski definition) is 2. The first-order valence-electron chi connectivity index (χ1n) is 8.37. The summed E-state index contributed by atoms with van der Waals surface area (Å²) in [7, 11) is 0. The third kappa shape index (κ3) is 4.02. The second kappa shape index (κ2) is 7.28. The van der Waals surface area contributed by atoms with E-state index < -0.39 is 5.41 Å². The minimum Gasteiger partial charge on any atom is -0.351 e. The van der Waals surface area contributed by atoms with Crippen LogP contribution in [0.4, 0.5) is 0 Å². The molecule has 130 valence electrons. The van der Waals surface area contributed by atoms with E-state index in [2.05, 4.69) is 10.6 Å². The highest BCUT2D eigenvalue weighted by molar-refractivity contribution is 6.31. The van der Waals surface area contributed by atoms with Gasteiger partial charge in [-0.15, -0.1) is 0 Å². The zero-order valence-electron chi connectivity index (χ0n) is 14.1. The van der Waals surface area contributed by atoms with Crippen LogP contribution in [-0.4, -0.2) is 11.8 Å². The number of halogens is 1. The van der Waals surface area contributed by atoms with Crippen LogP contribution in [0.5, 0.6) is 0 Å². The van der Waals surface area contributed by atoms with Crippen LogP contribution in [-0.2, 0) is 22.7 Å². The Morgan fingerprint density at radius 3 is 2.32 bits per heavy atom. The van der Waals surface area contributed by atoms with Crippen molar-refractivity contribution in [3.05, 3.63) is 70.2 Å². The summed E-state index contributed by atoms with van der Waals surface area (Å²) < 4.78 is 0. The van der Waals surface area contributed by atoms with Crippen LogP contribution in [0.1, 0.15) is 29.5 Å². The average Bonchev–Trinajstić information content (AvgIpc) is 3.41. The predicted molar refractivity (Wildman–Crippen MR) is 98.0 cm³/mol. The molecule has 25 heavy (non-hydrogen) atoms. The molecule has 2 aromatic rings. The fourth-order valence-corrected chi connectivity index (χ4v) is 3.04. The number of hydrogen-bond donors (Lipinski definition) is 2. The van der Waals surface area contributed by atoms with Crippen LogP contribution in [0.3, 0.4) is 0 Å². The van der Waals surface area contributed by atoms with Gasteiger partial charge in [0.25, 0.3) is 0 Å². The number of nitrogens with one attached hydrogen (secondary N) is 2. The quantitative estimate of drug-likeness (QED) is 0.780. The Balaban J connectivity index is 1.56. The average molecular weight is 357 g/mol. The lowest BCUT2D eigenvalue weighted by molar-refractivity contribution is -0.137. The third-order valence-electron chi connectivity index (χ3n) is 4.55. The van der Waals surface area contributed by atoms with Crippen molar-refractivity contribution >= 4 is 23.4 Å². The Kier molecular flexibility index (Phi) is 5.09. The van der Waals surface area contributed by atoms with Crippen molar-refractivity contribution in [3.63, 3.8) is 0 Å². The Labute approximate surface area is 152 Å². The summed E-state index contributed by atoms with van der Waals surface area (Å²) in [6, 6.07) is 15.3. The summed E-state index contributed by atoms with van der Waals surface area (Å²) in [5.41, 5.74) is 2.09. The third-order valence-corrected chi connectivity index (χ3v) is 4.92. The number of carbonyl (C=O) groups is 2. The lowest BCUT2D eigenvalue weighted by Crippen LogP contribution is -2.42. The van der Waals surface area contributed by atoms with Gasteiger partial charge in [0.05, 0.1) is 0 Å².